The second kappa shape index (κ2) is 9.15. The molecule has 0 saturated carbocycles. The second-order valence-electron chi connectivity index (χ2n) is 5.64. The molecule has 0 aliphatic heterocycles. The molecule has 1 atom stereocenters. The first-order valence-electron chi connectivity index (χ1n) is 7.99. The lowest BCUT2D eigenvalue weighted by Crippen LogP contribution is -2.23. The van der Waals surface area contributed by atoms with E-state index in [0.717, 1.165) is 32.6 Å². The minimum atomic E-state index is 0.453. The fourth-order valence-electron chi connectivity index (χ4n) is 2.58. The Morgan fingerprint density at radius 2 is 1.75 bits per heavy atom. The summed E-state index contributed by atoms with van der Waals surface area (Å²) in [5.41, 5.74) is 5.63. The molecule has 1 rings (SSSR count). The summed E-state index contributed by atoms with van der Waals surface area (Å²) in [4.78, 5) is 0. The van der Waals surface area contributed by atoms with Gasteiger partial charge in [-0.15, -0.1) is 0 Å². The normalized spacial score (nSPS) is 12.7. The molecular formula is C18H31NO. The quantitative estimate of drug-likeness (QED) is 0.672. The Kier molecular flexibility index (Phi) is 7.86. The molecule has 0 heterocycles. The molecule has 2 heteroatoms. The van der Waals surface area contributed by atoms with Gasteiger partial charge in [-0.3, -0.25) is 0 Å². The smallest absolute Gasteiger partial charge is 0.0466 e. The topological polar surface area (TPSA) is 21.3 Å². The van der Waals surface area contributed by atoms with E-state index in [1.165, 1.54) is 28.7 Å². The molecule has 0 bridgehead atoms. The van der Waals surface area contributed by atoms with Crippen LogP contribution in [0.25, 0.3) is 0 Å². The molecular weight excluding hydrogens is 246 g/mol. The van der Waals surface area contributed by atoms with Gasteiger partial charge >= 0.3 is 0 Å². The highest BCUT2D eigenvalue weighted by Gasteiger charge is 2.14. The van der Waals surface area contributed by atoms with E-state index >= 15 is 0 Å². The van der Waals surface area contributed by atoms with Gasteiger partial charge in [0.1, 0.15) is 0 Å². The zero-order valence-electron chi connectivity index (χ0n) is 13.9. The molecule has 114 valence electrons. The standard InChI is InChI=1S/C18H31NO/c1-6-10-19-18(9-8-11-20-7-2)17-13-15(4)14(3)12-16(17)5/h12-13,18-19H,6-11H2,1-5H3. The van der Waals surface area contributed by atoms with E-state index < -0.39 is 0 Å². The predicted molar refractivity (Wildman–Crippen MR) is 87.4 cm³/mol. The van der Waals surface area contributed by atoms with Gasteiger partial charge in [0.05, 0.1) is 0 Å². The van der Waals surface area contributed by atoms with Crippen molar-refractivity contribution in [2.75, 3.05) is 19.8 Å². The van der Waals surface area contributed by atoms with Gasteiger partial charge in [0.2, 0.25) is 0 Å². The van der Waals surface area contributed by atoms with E-state index in [-0.39, 0.29) is 0 Å². The second-order valence-corrected chi connectivity index (χ2v) is 5.64. The summed E-state index contributed by atoms with van der Waals surface area (Å²) >= 11 is 0. The van der Waals surface area contributed by atoms with E-state index in [1.54, 1.807) is 0 Å². The van der Waals surface area contributed by atoms with E-state index in [1.807, 2.05) is 0 Å². The molecule has 0 spiro atoms. The Morgan fingerprint density at radius 3 is 2.40 bits per heavy atom. The SMILES string of the molecule is CCCNC(CCCOCC)c1cc(C)c(C)cc1C. The molecule has 0 saturated heterocycles. The predicted octanol–water partition coefficient (Wildman–Crippen LogP) is 4.47. The van der Waals surface area contributed by atoms with Gasteiger partial charge in [-0.25, -0.2) is 0 Å². The van der Waals surface area contributed by atoms with Gasteiger partial charge in [-0.1, -0.05) is 19.1 Å². The Labute approximate surface area is 124 Å². The highest BCUT2D eigenvalue weighted by molar-refractivity contribution is 5.38. The third-order valence-electron chi connectivity index (χ3n) is 3.88. The van der Waals surface area contributed by atoms with Crippen molar-refractivity contribution < 1.29 is 4.74 Å². The Bertz CT molecular complexity index is 401. The fraction of sp³-hybridized carbons (Fsp3) is 0.667. The number of rotatable bonds is 9. The van der Waals surface area contributed by atoms with Gasteiger partial charge in [-0.05, 0) is 75.8 Å². The fourth-order valence-corrected chi connectivity index (χ4v) is 2.58. The molecule has 2 nitrogen and oxygen atoms in total. The van der Waals surface area contributed by atoms with E-state index in [9.17, 15) is 0 Å². The van der Waals surface area contributed by atoms with Crippen molar-refractivity contribution in [1.29, 1.82) is 0 Å². The van der Waals surface area contributed by atoms with Crippen LogP contribution in [0.5, 0.6) is 0 Å². The van der Waals surface area contributed by atoms with E-state index in [4.69, 9.17) is 4.74 Å². The molecule has 0 fully saturated rings. The lowest BCUT2D eigenvalue weighted by atomic mass is 9.93. The average molecular weight is 277 g/mol. The minimum Gasteiger partial charge on any atom is -0.382 e. The first kappa shape index (κ1) is 17.2. The van der Waals surface area contributed by atoms with Gasteiger partial charge in [0.15, 0.2) is 0 Å². The first-order chi connectivity index (χ1) is 9.60. The Morgan fingerprint density at radius 1 is 1.05 bits per heavy atom. The van der Waals surface area contributed by atoms with Crippen LogP contribution in [0.4, 0.5) is 0 Å². The molecule has 20 heavy (non-hydrogen) atoms. The number of ether oxygens (including phenoxy) is 1. The maximum atomic E-state index is 5.47. The largest absolute Gasteiger partial charge is 0.382 e. The Balaban J connectivity index is 2.78. The minimum absolute atomic E-state index is 0.453. The maximum Gasteiger partial charge on any atom is 0.0466 e. The number of nitrogens with one attached hydrogen (secondary N) is 1. The van der Waals surface area contributed by atoms with Crippen molar-refractivity contribution in [3.63, 3.8) is 0 Å². The zero-order chi connectivity index (χ0) is 15.0. The summed E-state index contributed by atoms with van der Waals surface area (Å²) in [6.45, 7) is 13.7. The lowest BCUT2D eigenvalue weighted by Gasteiger charge is -2.22. The van der Waals surface area contributed by atoms with Crippen molar-refractivity contribution in [2.45, 2.75) is 59.9 Å². The first-order valence-corrected chi connectivity index (χ1v) is 7.99. The zero-order valence-corrected chi connectivity index (χ0v) is 13.9. The van der Waals surface area contributed by atoms with Crippen LogP contribution in [0, 0.1) is 20.8 Å². The average Bonchev–Trinajstić information content (AvgIpc) is 2.42. The molecule has 0 radical (unpaired) electrons. The lowest BCUT2D eigenvalue weighted by molar-refractivity contribution is 0.141. The number of benzene rings is 1. The van der Waals surface area contributed by atoms with Crippen LogP contribution in [-0.4, -0.2) is 19.8 Å². The molecule has 0 aliphatic rings. The highest BCUT2D eigenvalue weighted by atomic mass is 16.5. The molecule has 1 unspecified atom stereocenters. The monoisotopic (exact) mass is 277 g/mol. The molecule has 0 amide bonds. The summed E-state index contributed by atoms with van der Waals surface area (Å²) in [5, 5.41) is 3.69. The van der Waals surface area contributed by atoms with Crippen molar-refractivity contribution in [3.05, 3.63) is 34.4 Å². The summed E-state index contributed by atoms with van der Waals surface area (Å²) < 4.78 is 5.47. The van der Waals surface area contributed by atoms with E-state index in [0.29, 0.717) is 6.04 Å². The number of hydrogen-bond donors (Lipinski definition) is 1. The van der Waals surface area contributed by atoms with E-state index in [2.05, 4.69) is 52.1 Å². The molecule has 1 aromatic rings. The van der Waals surface area contributed by atoms with Crippen LogP contribution in [0.15, 0.2) is 12.1 Å². The summed E-state index contributed by atoms with van der Waals surface area (Å²) in [6.07, 6.45) is 3.43. The summed E-state index contributed by atoms with van der Waals surface area (Å²) in [5.74, 6) is 0. The summed E-state index contributed by atoms with van der Waals surface area (Å²) in [7, 11) is 0. The van der Waals surface area contributed by atoms with Crippen LogP contribution in [0.3, 0.4) is 0 Å². The van der Waals surface area contributed by atoms with Crippen LogP contribution in [-0.2, 0) is 4.74 Å². The van der Waals surface area contributed by atoms with Crippen LogP contribution < -0.4 is 5.32 Å². The van der Waals surface area contributed by atoms with Gasteiger partial charge in [-0.2, -0.15) is 0 Å². The number of aryl methyl sites for hydroxylation is 3. The van der Waals surface area contributed by atoms with Crippen molar-refractivity contribution in [3.8, 4) is 0 Å². The van der Waals surface area contributed by atoms with Gasteiger partial charge in [0, 0.05) is 19.3 Å². The third-order valence-corrected chi connectivity index (χ3v) is 3.88. The maximum absolute atomic E-state index is 5.47. The van der Waals surface area contributed by atoms with Crippen LogP contribution in [0.1, 0.15) is 61.4 Å². The van der Waals surface area contributed by atoms with Gasteiger partial charge in [0.25, 0.3) is 0 Å². The summed E-state index contributed by atoms with van der Waals surface area (Å²) in [6, 6.07) is 5.13. The Hall–Kier alpha value is -0.860. The third kappa shape index (κ3) is 5.26. The number of hydrogen-bond acceptors (Lipinski definition) is 2. The van der Waals surface area contributed by atoms with Crippen LogP contribution in [0.2, 0.25) is 0 Å². The van der Waals surface area contributed by atoms with Crippen molar-refractivity contribution >= 4 is 0 Å². The van der Waals surface area contributed by atoms with Crippen molar-refractivity contribution in [1.82, 2.24) is 5.32 Å². The van der Waals surface area contributed by atoms with Gasteiger partial charge < -0.3 is 10.1 Å². The molecule has 1 aromatic carbocycles. The van der Waals surface area contributed by atoms with Crippen molar-refractivity contribution in [2.24, 2.45) is 0 Å². The molecule has 1 N–H and O–H groups in total. The highest BCUT2D eigenvalue weighted by Crippen LogP contribution is 2.25. The molecule has 0 aliphatic carbocycles. The molecule has 0 aromatic heterocycles. The van der Waals surface area contributed by atoms with Crippen LogP contribution >= 0.6 is 0 Å².